The van der Waals surface area contributed by atoms with Crippen LogP contribution in [-0.2, 0) is 4.79 Å². The van der Waals surface area contributed by atoms with Gasteiger partial charge in [-0.15, -0.1) is 0 Å². The van der Waals surface area contributed by atoms with Crippen molar-refractivity contribution in [1.29, 1.82) is 0 Å². The summed E-state index contributed by atoms with van der Waals surface area (Å²) in [5.41, 5.74) is 2.20. The molecule has 7 heteroatoms. The van der Waals surface area contributed by atoms with E-state index in [1.165, 1.54) is 12.8 Å². The number of methoxy groups -OCH3 is 1. The van der Waals surface area contributed by atoms with Gasteiger partial charge in [0.25, 0.3) is 5.91 Å². The van der Waals surface area contributed by atoms with Crippen molar-refractivity contribution in [2.45, 2.75) is 18.9 Å². The van der Waals surface area contributed by atoms with E-state index in [1.54, 1.807) is 7.11 Å². The largest absolute Gasteiger partial charge is 0.497 e. The number of hydrogen-bond donors (Lipinski definition) is 2. The number of urea groups is 1. The normalized spacial score (nSPS) is 23.1. The topological polar surface area (TPSA) is 73.9 Å². The van der Waals surface area contributed by atoms with Gasteiger partial charge in [0.1, 0.15) is 5.75 Å². The summed E-state index contributed by atoms with van der Waals surface area (Å²) in [7, 11) is 1.60. The summed E-state index contributed by atoms with van der Waals surface area (Å²) < 4.78 is 5.28. The smallest absolute Gasteiger partial charge is 0.319 e. The predicted octanol–water partition coefficient (Wildman–Crippen LogP) is 1.24. The highest BCUT2D eigenvalue weighted by atomic mass is 16.5. The Hall–Kier alpha value is -2.54. The van der Waals surface area contributed by atoms with Crippen molar-refractivity contribution in [3.05, 3.63) is 41.1 Å². The molecule has 0 spiro atoms. The van der Waals surface area contributed by atoms with E-state index in [1.807, 2.05) is 29.2 Å². The van der Waals surface area contributed by atoms with Crippen LogP contribution in [0.5, 0.6) is 5.75 Å². The molecule has 2 N–H and O–H groups in total. The number of nitrogens with zero attached hydrogens (tertiary/aromatic N) is 2. The molecule has 3 aliphatic heterocycles. The number of ether oxygens (including phenoxy) is 1. The lowest BCUT2D eigenvalue weighted by Gasteiger charge is -2.26. The van der Waals surface area contributed by atoms with E-state index in [4.69, 9.17) is 4.74 Å². The monoisotopic (exact) mass is 356 g/mol. The number of likely N-dealkylation sites (tertiary alicyclic amines) is 1. The summed E-state index contributed by atoms with van der Waals surface area (Å²) in [6, 6.07) is 6.77. The van der Waals surface area contributed by atoms with E-state index in [9.17, 15) is 9.59 Å². The number of hydrogen-bond acceptors (Lipinski definition) is 4. The number of carbonyl (C=O) groups excluding carboxylic acids is 2. The van der Waals surface area contributed by atoms with Gasteiger partial charge < -0.3 is 25.2 Å². The van der Waals surface area contributed by atoms with Gasteiger partial charge in [0, 0.05) is 13.1 Å². The number of nitrogens with one attached hydrogen (secondary N) is 2. The lowest BCUT2D eigenvalue weighted by atomic mass is 9.96. The molecule has 1 atom stereocenters. The molecular weight excluding hydrogens is 332 g/mol. The van der Waals surface area contributed by atoms with Gasteiger partial charge in [-0.3, -0.25) is 4.79 Å². The van der Waals surface area contributed by atoms with Crippen LogP contribution in [0.4, 0.5) is 4.79 Å². The summed E-state index contributed by atoms with van der Waals surface area (Å²) in [4.78, 5) is 29.3. The molecule has 1 aromatic rings. The highest BCUT2D eigenvalue weighted by Crippen LogP contribution is 2.33. The molecule has 3 aliphatic rings. The zero-order valence-corrected chi connectivity index (χ0v) is 15.0. The molecule has 1 fully saturated rings. The van der Waals surface area contributed by atoms with Crippen LogP contribution in [0.25, 0.3) is 0 Å². The molecule has 0 saturated carbocycles. The van der Waals surface area contributed by atoms with Crippen LogP contribution in [0.3, 0.4) is 0 Å². The van der Waals surface area contributed by atoms with Gasteiger partial charge in [0.05, 0.1) is 31.0 Å². The Balaban J connectivity index is 1.54. The van der Waals surface area contributed by atoms with Crippen LogP contribution in [0.15, 0.2) is 35.5 Å². The Morgan fingerprint density at radius 3 is 2.77 bits per heavy atom. The summed E-state index contributed by atoms with van der Waals surface area (Å²) in [6.07, 6.45) is 2.47. The Bertz CT molecular complexity index is 755. The Morgan fingerprint density at radius 2 is 2.00 bits per heavy atom. The fraction of sp³-hybridized carbons (Fsp3) is 0.474. The molecule has 3 heterocycles. The van der Waals surface area contributed by atoms with E-state index >= 15 is 0 Å². The molecule has 0 aliphatic carbocycles. The Labute approximate surface area is 153 Å². The predicted molar refractivity (Wildman–Crippen MR) is 96.7 cm³/mol. The lowest BCUT2D eigenvalue weighted by Crippen LogP contribution is -2.44. The molecule has 0 unspecified atom stereocenters. The number of carbonyl (C=O) groups is 2. The number of rotatable bonds is 5. The fourth-order valence-corrected chi connectivity index (χ4v) is 3.95. The third-order valence-electron chi connectivity index (χ3n) is 5.33. The van der Waals surface area contributed by atoms with Crippen LogP contribution in [0, 0.1) is 0 Å². The third kappa shape index (κ3) is 3.14. The highest BCUT2D eigenvalue weighted by molar-refractivity contribution is 6.01. The van der Waals surface area contributed by atoms with Crippen molar-refractivity contribution in [1.82, 2.24) is 20.4 Å². The second kappa shape index (κ2) is 6.99. The SMILES string of the molecule is COc1cccc([C@H]2NC(=O)NC3=C2C(=O)N(CCN2CCCC2)C3)c1. The second-order valence-corrected chi connectivity index (χ2v) is 6.98. The van der Waals surface area contributed by atoms with E-state index < -0.39 is 6.04 Å². The van der Waals surface area contributed by atoms with Crippen LogP contribution >= 0.6 is 0 Å². The zero-order chi connectivity index (χ0) is 18.1. The van der Waals surface area contributed by atoms with E-state index in [-0.39, 0.29) is 11.9 Å². The molecule has 4 rings (SSSR count). The maximum Gasteiger partial charge on any atom is 0.319 e. The second-order valence-electron chi connectivity index (χ2n) is 6.98. The maximum absolute atomic E-state index is 13.0. The Morgan fingerprint density at radius 1 is 1.19 bits per heavy atom. The first-order valence-corrected chi connectivity index (χ1v) is 9.12. The summed E-state index contributed by atoms with van der Waals surface area (Å²) in [5.74, 6) is 0.702. The van der Waals surface area contributed by atoms with Crippen molar-refractivity contribution in [3.8, 4) is 5.75 Å². The molecule has 0 bridgehead atoms. The lowest BCUT2D eigenvalue weighted by molar-refractivity contribution is -0.126. The highest BCUT2D eigenvalue weighted by Gasteiger charge is 2.40. The van der Waals surface area contributed by atoms with Gasteiger partial charge in [0.15, 0.2) is 0 Å². The molecule has 7 nitrogen and oxygen atoms in total. The first kappa shape index (κ1) is 16.9. The van der Waals surface area contributed by atoms with Gasteiger partial charge in [-0.25, -0.2) is 4.79 Å². The average Bonchev–Trinajstić information content (AvgIpc) is 3.27. The van der Waals surface area contributed by atoms with Gasteiger partial charge >= 0.3 is 6.03 Å². The van der Waals surface area contributed by atoms with Crippen LogP contribution in [0.1, 0.15) is 24.4 Å². The first-order valence-electron chi connectivity index (χ1n) is 9.12. The van der Waals surface area contributed by atoms with Crippen LogP contribution in [-0.4, -0.2) is 61.6 Å². The van der Waals surface area contributed by atoms with E-state index in [0.717, 1.165) is 25.2 Å². The minimum Gasteiger partial charge on any atom is -0.497 e. The molecular formula is C19H24N4O3. The van der Waals surface area contributed by atoms with Gasteiger partial charge in [0.2, 0.25) is 0 Å². The van der Waals surface area contributed by atoms with E-state index in [2.05, 4.69) is 15.5 Å². The van der Waals surface area contributed by atoms with Crippen molar-refractivity contribution in [3.63, 3.8) is 0 Å². The summed E-state index contributed by atoms with van der Waals surface area (Å²) in [6.45, 7) is 4.26. The standard InChI is InChI=1S/C19H24N4O3/c1-26-14-6-4-5-13(11-14)17-16-15(20-19(25)21-17)12-23(18(16)24)10-9-22-7-2-3-8-22/h4-6,11,17H,2-3,7-10,12H2,1H3,(H2,20,21,25)/t17-/m1/s1. The molecule has 3 amide bonds. The van der Waals surface area contributed by atoms with Crippen molar-refractivity contribution in [2.75, 3.05) is 39.8 Å². The minimum atomic E-state index is -0.446. The Kier molecular flexibility index (Phi) is 4.55. The quantitative estimate of drug-likeness (QED) is 0.833. The molecule has 138 valence electrons. The maximum atomic E-state index is 13.0. The van der Waals surface area contributed by atoms with Gasteiger partial charge in [-0.1, -0.05) is 12.1 Å². The third-order valence-corrected chi connectivity index (χ3v) is 5.33. The molecule has 0 aromatic heterocycles. The van der Waals surface area contributed by atoms with Crippen molar-refractivity contribution in [2.24, 2.45) is 0 Å². The van der Waals surface area contributed by atoms with Crippen LogP contribution < -0.4 is 15.4 Å². The minimum absolute atomic E-state index is 0.000447. The first-order chi connectivity index (χ1) is 12.7. The summed E-state index contributed by atoms with van der Waals surface area (Å²) in [5, 5.41) is 5.70. The zero-order valence-electron chi connectivity index (χ0n) is 15.0. The fourth-order valence-electron chi connectivity index (χ4n) is 3.95. The molecule has 26 heavy (non-hydrogen) atoms. The van der Waals surface area contributed by atoms with E-state index in [0.29, 0.717) is 30.1 Å². The molecule has 1 saturated heterocycles. The van der Waals surface area contributed by atoms with Crippen molar-refractivity contribution < 1.29 is 14.3 Å². The van der Waals surface area contributed by atoms with Crippen molar-refractivity contribution >= 4 is 11.9 Å². The summed E-state index contributed by atoms with van der Waals surface area (Å²) >= 11 is 0. The number of benzene rings is 1. The molecule has 1 aromatic carbocycles. The van der Waals surface area contributed by atoms with Crippen LogP contribution in [0.2, 0.25) is 0 Å². The average molecular weight is 356 g/mol. The number of amides is 3. The van der Waals surface area contributed by atoms with Gasteiger partial charge in [-0.2, -0.15) is 0 Å². The molecule has 0 radical (unpaired) electrons. The van der Waals surface area contributed by atoms with Gasteiger partial charge in [-0.05, 0) is 43.6 Å².